The molecule has 6 aromatic rings. The maximum atomic E-state index is 13.5. The number of benzene rings is 6. The summed E-state index contributed by atoms with van der Waals surface area (Å²) in [5, 5.41) is 7.74. The van der Waals surface area contributed by atoms with E-state index in [-0.39, 0.29) is 0 Å². The van der Waals surface area contributed by atoms with Gasteiger partial charge in [0.25, 0.3) is 0 Å². The number of rotatable bonds is 2. The average Bonchev–Trinajstić information content (AvgIpc) is 3.09. The van der Waals surface area contributed by atoms with Gasteiger partial charge in [-0.2, -0.15) is 0 Å². The Balaban J connectivity index is 0.000000151. The van der Waals surface area contributed by atoms with Crippen LogP contribution in [0.15, 0.2) is 147 Å². The lowest BCUT2D eigenvalue weighted by atomic mass is 9.95. The van der Waals surface area contributed by atoms with Gasteiger partial charge in [0.05, 0.1) is 32.5 Å². The summed E-state index contributed by atoms with van der Waals surface area (Å²) in [5.41, 5.74) is 8.25. The molecule has 8 rings (SSSR count). The molecule has 0 amide bonds. The topological polar surface area (TPSA) is 92.3 Å². The molecule has 0 fully saturated rings. The van der Waals surface area contributed by atoms with Gasteiger partial charge in [-0.25, -0.2) is 16.8 Å². The predicted molar refractivity (Wildman–Crippen MR) is 193 cm³/mol. The quantitative estimate of drug-likeness (QED) is 0.191. The Morgan fingerprint density at radius 1 is 0.489 bits per heavy atom. The summed E-state index contributed by atoms with van der Waals surface area (Å²) in [6.07, 6.45) is 0. The Kier molecular flexibility index (Phi) is 7.63. The molecule has 0 atom stereocenters. The van der Waals surface area contributed by atoms with Crippen LogP contribution >= 0.6 is 0 Å². The SMILES string of the molecule is Cc1c(C)c(-c2ccccc2)c2c(c1[SiH3])Nc1ccccc1S2(=O)=O.O=S1(=O)c2ccccc2Nc2cccc(-c3ccccc3)c21. The number of nitrogens with one attached hydrogen (secondary N) is 2. The van der Waals surface area contributed by atoms with Crippen LogP contribution in [0.1, 0.15) is 11.1 Å². The lowest BCUT2D eigenvalue weighted by Crippen LogP contribution is -2.25. The maximum absolute atomic E-state index is 13.5. The van der Waals surface area contributed by atoms with Crippen molar-refractivity contribution in [3.63, 3.8) is 0 Å². The third-order valence-electron chi connectivity index (χ3n) is 8.91. The summed E-state index contributed by atoms with van der Waals surface area (Å²) >= 11 is 0. The third kappa shape index (κ3) is 5.07. The van der Waals surface area contributed by atoms with Crippen molar-refractivity contribution >= 4 is 57.9 Å². The number of sulfone groups is 2. The number of anilines is 4. The number of hydrogen-bond acceptors (Lipinski definition) is 6. The molecule has 0 radical (unpaired) electrons. The molecule has 2 N–H and O–H groups in total. The fraction of sp³-hybridized carbons (Fsp3) is 0.0526. The molecule has 2 heterocycles. The molecule has 234 valence electrons. The van der Waals surface area contributed by atoms with E-state index in [9.17, 15) is 16.8 Å². The highest BCUT2D eigenvalue weighted by atomic mass is 32.2. The molecule has 0 spiro atoms. The van der Waals surface area contributed by atoms with Crippen LogP contribution in [-0.4, -0.2) is 27.1 Å². The van der Waals surface area contributed by atoms with E-state index in [1.54, 1.807) is 36.4 Å². The van der Waals surface area contributed by atoms with Gasteiger partial charge in [0.15, 0.2) is 0 Å². The Labute approximate surface area is 278 Å². The van der Waals surface area contributed by atoms with E-state index in [1.807, 2.05) is 97.9 Å². The standard InChI is InChI=1S/C20H19NO2SSi.C18H13NO2S/c1-12-13(2)20(25)18-19(17(12)14-8-4-3-5-9-14)24(22,23)16-11-7-6-10-15(16)21-18;20-22(21)17-12-5-4-10-15(17)19-16-11-6-9-14(18(16)22)13-7-2-1-3-8-13/h3-11,21H,1-2,25H3;1-12,19H. The van der Waals surface area contributed by atoms with Gasteiger partial charge in [-0.3, -0.25) is 0 Å². The van der Waals surface area contributed by atoms with E-state index in [0.29, 0.717) is 36.6 Å². The zero-order valence-electron chi connectivity index (χ0n) is 26.1. The highest BCUT2D eigenvalue weighted by Crippen LogP contribution is 2.46. The Hall–Kier alpha value is -4.96. The molecule has 47 heavy (non-hydrogen) atoms. The molecule has 2 aliphatic heterocycles. The molecule has 0 bridgehead atoms. The van der Waals surface area contributed by atoms with Crippen molar-refractivity contribution in [3.8, 4) is 22.3 Å². The van der Waals surface area contributed by atoms with Gasteiger partial charge in [0, 0.05) is 21.4 Å². The van der Waals surface area contributed by atoms with Gasteiger partial charge in [0.1, 0.15) is 9.79 Å². The lowest BCUT2D eigenvalue weighted by molar-refractivity contribution is 0.594. The number of fused-ring (bicyclic) bond motifs is 4. The minimum Gasteiger partial charge on any atom is -0.353 e. The first-order valence-corrected chi connectivity index (χ1v) is 19.2. The van der Waals surface area contributed by atoms with Crippen molar-refractivity contribution in [2.45, 2.75) is 33.4 Å². The second-order valence-electron chi connectivity index (χ2n) is 11.6. The molecule has 0 saturated heterocycles. The van der Waals surface area contributed by atoms with Crippen LogP contribution in [0.3, 0.4) is 0 Å². The molecule has 9 heteroatoms. The van der Waals surface area contributed by atoms with E-state index in [2.05, 4.69) is 17.6 Å². The van der Waals surface area contributed by atoms with Crippen molar-refractivity contribution in [2.75, 3.05) is 10.6 Å². The zero-order valence-corrected chi connectivity index (χ0v) is 29.7. The Morgan fingerprint density at radius 3 is 1.60 bits per heavy atom. The van der Waals surface area contributed by atoms with Crippen LogP contribution in [-0.2, 0) is 19.7 Å². The van der Waals surface area contributed by atoms with Gasteiger partial charge in [-0.05, 0) is 71.6 Å². The Bertz CT molecular complexity index is 2410. The van der Waals surface area contributed by atoms with Crippen LogP contribution in [0.2, 0.25) is 0 Å². The monoisotopic (exact) mass is 672 g/mol. The number of hydrogen-bond donors (Lipinski definition) is 2. The molecule has 0 saturated carbocycles. The first-order valence-electron chi connectivity index (χ1n) is 15.2. The first kappa shape index (κ1) is 30.7. The fourth-order valence-electron chi connectivity index (χ4n) is 6.37. The minimum atomic E-state index is -3.58. The average molecular weight is 673 g/mol. The van der Waals surface area contributed by atoms with Crippen molar-refractivity contribution in [2.24, 2.45) is 0 Å². The largest absolute Gasteiger partial charge is 0.353 e. The minimum absolute atomic E-state index is 0.325. The second kappa shape index (κ2) is 11.7. The predicted octanol–water partition coefficient (Wildman–Crippen LogP) is 7.09. The second-order valence-corrected chi connectivity index (χ2v) is 16.3. The first-order chi connectivity index (χ1) is 22.6. The van der Waals surface area contributed by atoms with Gasteiger partial charge in [-0.15, -0.1) is 0 Å². The summed E-state index contributed by atoms with van der Waals surface area (Å²) < 4.78 is 53.1. The molecule has 0 unspecified atom stereocenters. The van der Waals surface area contributed by atoms with Crippen LogP contribution in [0.5, 0.6) is 0 Å². The Morgan fingerprint density at radius 2 is 0.979 bits per heavy atom. The number of para-hydroxylation sites is 2. The van der Waals surface area contributed by atoms with E-state index in [4.69, 9.17) is 0 Å². The highest BCUT2D eigenvalue weighted by Gasteiger charge is 2.35. The summed E-state index contributed by atoms with van der Waals surface area (Å²) in [5.74, 6) is 0. The summed E-state index contributed by atoms with van der Waals surface area (Å²) in [6.45, 7) is 4.11. The molecule has 6 nitrogen and oxygen atoms in total. The van der Waals surface area contributed by atoms with E-state index in [0.717, 1.165) is 48.9 Å². The molecule has 2 aliphatic rings. The lowest BCUT2D eigenvalue weighted by Gasteiger charge is -2.28. The van der Waals surface area contributed by atoms with Gasteiger partial charge >= 0.3 is 0 Å². The van der Waals surface area contributed by atoms with Crippen molar-refractivity contribution in [3.05, 3.63) is 139 Å². The van der Waals surface area contributed by atoms with Crippen LogP contribution in [0.25, 0.3) is 22.3 Å². The summed E-state index contributed by atoms with van der Waals surface area (Å²) in [4.78, 5) is 1.44. The molecular weight excluding hydrogens is 641 g/mol. The van der Waals surface area contributed by atoms with E-state index in [1.165, 1.54) is 5.56 Å². The highest BCUT2D eigenvalue weighted by molar-refractivity contribution is 7.92. The van der Waals surface area contributed by atoms with Crippen molar-refractivity contribution in [1.82, 2.24) is 0 Å². The third-order valence-corrected chi connectivity index (χ3v) is 14.0. The van der Waals surface area contributed by atoms with Gasteiger partial charge in [-0.1, -0.05) is 97.1 Å². The molecular formula is C38H32N2O4S2Si. The van der Waals surface area contributed by atoms with Gasteiger partial charge in [0.2, 0.25) is 19.7 Å². The van der Waals surface area contributed by atoms with Crippen molar-refractivity contribution in [1.29, 1.82) is 0 Å². The molecule has 6 aromatic carbocycles. The smallest absolute Gasteiger partial charge is 0.211 e. The molecule has 0 aliphatic carbocycles. The maximum Gasteiger partial charge on any atom is 0.211 e. The van der Waals surface area contributed by atoms with Crippen LogP contribution < -0.4 is 15.8 Å². The van der Waals surface area contributed by atoms with E-state index < -0.39 is 19.7 Å². The molecule has 0 aromatic heterocycles. The fourth-order valence-corrected chi connectivity index (χ4v) is 11.0. The summed E-state index contributed by atoms with van der Waals surface area (Å²) in [7, 11) is -6.35. The summed E-state index contributed by atoms with van der Waals surface area (Å²) in [6, 6.07) is 39.0. The normalized spacial score (nSPS) is 14.5. The van der Waals surface area contributed by atoms with Crippen LogP contribution in [0.4, 0.5) is 22.7 Å². The van der Waals surface area contributed by atoms with E-state index >= 15 is 0 Å². The zero-order chi connectivity index (χ0) is 32.9. The van der Waals surface area contributed by atoms with Crippen molar-refractivity contribution < 1.29 is 16.8 Å². The van der Waals surface area contributed by atoms with Gasteiger partial charge < -0.3 is 10.6 Å². The van der Waals surface area contributed by atoms with Crippen LogP contribution in [0, 0.1) is 13.8 Å².